The lowest BCUT2D eigenvalue weighted by Crippen LogP contribution is -2.49. The third-order valence-electron chi connectivity index (χ3n) is 7.34. The lowest BCUT2D eigenvalue weighted by atomic mass is 9.65. The summed E-state index contributed by atoms with van der Waals surface area (Å²) in [5.41, 5.74) is -0.721. The van der Waals surface area contributed by atoms with Crippen LogP contribution in [0.15, 0.2) is 36.4 Å². The zero-order chi connectivity index (χ0) is 26.8. The average Bonchev–Trinajstić information content (AvgIpc) is 3.04. The molecule has 1 fully saturated rings. The van der Waals surface area contributed by atoms with Crippen LogP contribution in [0.4, 0.5) is 5.69 Å². The highest BCUT2D eigenvalue weighted by Gasteiger charge is 2.58. The number of hydrogen-bond donors (Lipinski definition) is 4. The summed E-state index contributed by atoms with van der Waals surface area (Å²) in [5.74, 6) is -3.77. The van der Waals surface area contributed by atoms with Gasteiger partial charge in [-0.15, -0.1) is 0 Å². The van der Waals surface area contributed by atoms with Crippen molar-refractivity contribution in [3.05, 3.63) is 57.8 Å². The van der Waals surface area contributed by atoms with Crippen LogP contribution in [0.2, 0.25) is 10.3 Å². The lowest BCUT2D eigenvalue weighted by molar-refractivity contribution is -0.155. The van der Waals surface area contributed by atoms with E-state index in [1.807, 2.05) is 0 Å². The minimum absolute atomic E-state index is 0.00553. The van der Waals surface area contributed by atoms with E-state index < -0.39 is 46.5 Å². The number of carbonyl (C=O) groups excluding carboxylic acids is 2. The molecule has 1 heterocycles. The summed E-state index contributed by atoms with van der Waals surface area (Å²) in [6, 6.07) is 8.17. The Morgan fingerprint density at radius 3 is 2.22 bits per heavy atom. The number of halogens is 2. The summed E-state index contributed by atoms with van der Waals surface area (Å²) in [6.07, 6.45) is 0.691. The number of nitrogens with one attached hydrogen (secondary N) is 2. The standard InChI is InChI=1S/C25H27Cl2N3O6/c1-24(2)16(10-11-25(24,3)23(35)36)21(32)29-17(22(33)34)12-13-4-6-14(7-5-13)28-20(31)15-8-9-18(26)30-19(15)27/h4-9,16-17H,10-12H2,1-3H3,(H,28,31)(H,29,32)(H,33,34)(H,35,36)/t16-,17?,25+/m1/s1. The third kappa shape index (κ3) is 5.47. The highest BCUT2D eigenvalue weighted by Crippen LogP contribution is 2.56. The van der Waals surface area contributed by atoms with E-state index in [1.54, 1.807) is 45.0 Å². The minimum atomic E-state index is -1.21. The Bertz CT molecular complexity index is 1200. The highest BCUT2D eigenvalue weighted by molar-refractivity contribution is 6.35. The number of hydrogen-bond acceptors (Lipinski definition) is 5. The first-order valence-electron chi connectivity index (χ1n) is 11.2. The van der Waals surface area contributed by atoms with Crippen molar-refractivity contribution in [1.82, 2.24) is 10.3 Å². The quantitative estimate of drug-likeness (QED) is 0.369. The molecule has 192 valence electrons. The summed E-state index contributed by atoms with van der Waals surface area (Å²) in [6.45, 7) is 5.08. The number of rotatable bonds is 8. The fraction of sp³-hybridized carbons (Fsp3) is 0.400. The fourth-order valence-electron chi connectivity index (χ4n) is 4.55. The first-order valence-corrected chi connectivity index (χ1v) is 12.0. The van der Waals surface area contributed by atoms with Gasteiger partial charge in [-0.05, 0) is 55.0 Å². The Morgan fingerprint density at radius 2 is 1.69 bits per heavy atom. The molecule has 1 aliphatic carbocycles. The molecule has 4 N–H and O–H groups in total. The number of aliphatic carboxylic acids is 2. The van der Waals surface area contributed by atoms with Gasteiger partial charge in [0, 0.05) is 18.0 Å². The number of anilines is 1. The van der Waals surface area contributed by atoms with Crippen LogP contribution in [-0.2, 0) is 20.8 Å². The minimum Gasteiger partial charge on any atom is -0.481 e. The molecule has 3 atom stereocenters. The fourth-order valence-corrected chi connectivity index (χ4v) is 4.98. The highest BCUT2D eigenvalue weighted by atomic mass is 35.5. The van der Waals surface area contributed by atoms with Crippen molar-refractivity contribution < 1.29 is 29.4 Å². The van der Waals surface area contributed by atoms with Crippen molar-refractivity contribution in [2.75, 3.05) is 5.32 Å². The van der Waals surface area contributed by atoms with E-state index in [2.05, 4.69) is 15.6 Å². The second-order valence-electron chi connectivity index (χ2n) is 9.68. The monoisotopic (exact) mass is 535 g/mol. The molecule has 0 radical (unpaired) electrons. The van der Waals surface area contributed by atoms with Gasteiger partial charge in [-0.25, -0.2) is 9.78 Å². The molecule has 36 heavy (non-hydrogen) atoms. The van der Waals surface area contributed by atoms with Gasteiger partial charge in [-0.2, -0.15) is 0 Å². The van der Waals surface area contributed by atoms with Crippen molar-refractivity contribution in [2.24, 2.45) is 16.7 Å². The molecule has 3 rings (SSSR count). The Morgan fingerprint density at radius 1 is 1.06 bits per heavy atom. The number of carbonyl (C=O) groups is 4. The topological polar surface area (TPSA) is 146 Å². The predicted molar refractivity (Wildman–Crippen MR) is 134 cm³/mol. The molecule has 0 aliphatic heterocycles. The van der Waals surface area contributed by atoms with E-state index in [-0.39, 0.29) is 22.3 Å². The summed E-state index contributed by atoms with van der Waals surface area (Å²) in [7, 11) is 0. The van der Waals surface area contributed by atoms with E-state index in [4.69, 9.17) is 23.2 Å². The predicted octanol–water partition coefficient (Wildman–Crippen LogP) is 4.28. The van der Waals surface area contributed by atoms with Crippen LogP contribution >= 0.6 is 23.2 Å². The van der Waals surface area contributed by atoms with Gasteiger partial charge in [0.05, 0.1) is 11.0 Å². The van der Waals surface area contributed by atoms with Gasteiger partial charge in [-0.3, -0.25) is 14.4 Å². The van der Waals surface area contributed by atoms with E-state index in [9.17, 15) is 29.4 Å². The first-order chi connectivity index (χ1) is 16.8. The molecule has 11 heteroatoms. The van der Waals surface area contributed by atoms with E-state index >= 15 is 0 Å². The first kappa shape index (κ1) is 27.4. The summed E-state index contributed by atoms with van der Waals surface area (Å²) < 4.78 is 0. The van der Waals surface area contributed by atoms with Crippen molar-refractivity contribution in [3.8, 4) is 0 Å². The molecule has 0 spiro atoms. The van der Waals surface area contributed by atoms with E-state index in [0.717, 1.165) is 0 Å². The Balaban J connectivity index is 1.66. The lowest BCUT2D eigenvalue weighted by Gasteiger charge is -2.38. The Labute approximate surface area is 218 Å². The Hall–Kier alpha value is -3.17. The van der Waals surface area contributed by atoms with E-state index in [0.29, 0.717) is 24.1 Å². The maximum atomic E-state index is 13.0. The summed E-state index contributed by atoms with van der Waals surface area (Å²) >= 11 is 11.7. The van der Waals surface area contributed by atoms with Crippen molar-refractivity contribution >= 4 is 52.6 Å². The molecule has 1 aromatic heterocycles. The molecule has 9 nitrogen and oxygen atoms in total. The number of nitrogens with zero attached hydrogens (tertiary/aromatic N) is 1. The molecule has 1 aliphatic rings. The Kier molecular flexibility index (Phi) is 7.95. The van der Waals surface area contributed by atoms with Crippen LogP contribution in [0.25, 0.3) is 0 Å². The van der Waals surface area contributed by atoms with Gasteiger partial charge in [0.15, 0.2) is 0 Å². The maximum Gasteiger partial charge on any atom is 0.326 e. The smallest absolute Gasteiger partial charge is 0.326 e. The van der Waals surface area contributed by atoms with Crippen molar-refractivity contribution in [2.45, 2.75) is 46.1 Å². The maximum absolute atomic E-state index is 13.0. The summed E-state index contributed by atoms with van der Waals surface area (Å²) in [5, 5.41) is 24.8. The van der Waals surface area contributed by atoms with Gasteiger partial charge in [0.2, 0.25) is 5.91 Å². The van der Waals surface area contributed by atoms with Gasteiger partial charge >= 0.3 is 11.9 Å². The van der Waals surface area contributed by atoms with Crippen LogP contribution in [0.1, 0.15) is 49.5 Å². The molecular weight excluding hydrogens is 509 g/mol. The van der Waals surface area contributed by atoms with Crippen LogP contribution in [-0.4, -0.2) is 45.0 Å². The van der Waals surface area contributed by atoms with Gasteiger partial charge in [0.25, 0.3) is 5.91 Å². The van der Waals surface area contributed by atoms with Crippen LogP contribution in [0.5, 0.6) is 0 Å². The molecule has 2 aromatic rings. The molecular formula is C25H27Cl2N3O6. The number of aromatic nitrogens is 1. The van der Waals surface area contributed by atoms with Gasteiger partial charge in [-0.1, -0.05) is 49.2 Å². The SMILES string of the molecule is CC1(C)[C@@H](C(=O)NC(Cc2ccc(NC(=O)c3ccc(Cl)nc3Cl)cc2)C(=O)O)CC[C@@]1(C)C(=O)O. The van der Waals surface area contributed by atoms with Gasteiger partial charge < -0.3 is 20.8 Å². The molecule has 1 saturated carbocycles. The number of amides is 2. The number of benzene rings is 1. The second kappa shape index (κ2) is 10.4. The van der Waals surface area contributed by atoms with Crippen molar-refractivity contribution in [3.63, 3.8) is 0 Å². The largest absolute Gasteiger partial charge is 0.481 e. The zero-order valence-corrected chi connectivity index (χ0v) is 21.5. The molecule has 0 bridgehead atoms. The van der Waals surface area contributed by atoms with Gasteiger partial charge in [0.1, 0.15) is 16.3 Å². The normalized spacial score (nSPS) is 21.4. The molecule has 1 aromatic carbocycles. The van der Waals surface area contributed by atoms with E-state index in [1.165, 1.54) is 12.1 Å². The molecule has 0 saturated heterocycles. The zero-order valence-electron chi connectivity index (χ0n) is 20.0. The van der Waals surface area contributed by atoms with Crippen LogP contribution < -0.4 is 10.6 Å². The second-order valence-corrected chi connectivity index (χ2v) is 10.4. The third-order valence-corrected chi connectivity index (χ3v) is 7.84. The molecule has 2 amide bonds. The average molecular weight is 536 g/mol. The van der Waals surface area contributed by atoms with Crippen LogP contribution in [0, 0.1) is 16.7 Å². The number of carboxylic acid groups (broad SMARTS) is 2. The number of carboxylic acids is 2. The van der Waals surface area contributed by atoms with Crippen LogP contribution in [0.3, 0.4) is 0 Å². The number of pyridine rings is 1. The molecule has 1 unspecified atom stereocenters. The summed E-state index contributed by atoms with van der Waals surface area (Å²) in [4.78, 5) is 53.0. The van der Waals surface area contributed by atoms with Crippen molar-refractivity contribution in [1.29, 1.82) is 0 Å².